The van der Waals surface area contributed by atoms with Crippen LogP contribution in [0.5, 0.6) is 5.75 Å². The molecule has 1 aliphatic rings. The van der Waals surface area contributed by atoms with E-state index in [0.29, 0.717) is 36.3 Å². The first-order valence-corrected chi connectivity index (χ1v) is 9.05. The lowest BCUT2D eigenvalue weighted by Crippen LogP contribution is -2.40. The van der Waals surface area contributed by atoms with Crippen LogP contribution in [0.3, 0.4) is 0 Å². The van der Waals surface area contributed by atoms with E-state index in [2.05, 4.69) is 17.2 Å². The molecule has 0 aromatic heterocycles. The Balaban J connectivity index is 1.72. The van der Waals surface area contributed by atoms with E-state index < -0.39 is 0 Å². The maximum Gasteiger partial charge on any atom is 0.415 e. The smallest absolute Gasteiger partial charge is 0.410 e. The molecule has 1 aromatic carbocycles. The number of carbonyl (C=O) groups excluding carboxylic acids is 1. The Hall–Kier alpha value is -1.74. The molecule has 1 fully saturated rings. The van der Waals surface area contributed by atoms with E-state index >= 15 is 0 Å². The summed E-state index contributed by atoms with van der Waals surface area (Å²) in [6, 6.07) is 6.86. The Labute approximate surface area is 154 Å². The number of rotatable bonds is 5. The molecule has 0 radical (unpaired) electrons. The zero-order valence-corrected chi connectivity index (χ0v) is 15.3. The van der Waals surface area contributed by atoms with Gasteiger partial charge in [0.2, 0.25) is 0 Å². The molecule has 1 heterocycles. The minimum absolute atomic E-state index is 0.110. The summed E-state index contributed by atoms with van der Waals surface area (Å²) in [5, 5.41) is 12.9. The molecule has 1 saturated heterocycles. The van der Waals surface area contributed by atoms with Crippen molar-refractivity contribution >= 4 is 17.7 Å². The SMILES string of the molecule is CCC(CO)NCC#CC1CCN(C(=O)Oc2ccc(Cl)cc2)CC1. The van der Waals surface area contributed by atoms with Gasteiger partial charge in [0.05, 0.1) is 13.2 Å². The summed E-state index contributed by atoms with van der Waals surface area (Å²) in [6.45, 7) is 4.03. The van der Waals surface area contributed by atoms with E-state index in [-0.39, 0.29) is 18.7 Å². The van der Waals surface area contributed by atoms with Crippen LogP contribution in [0.15, 0.2) is 24.3 Å². The van der Waals surface area contributed by atoms with E-state index in [9.17, 15) is 4.79 Å². The fourth-order valence-corrected chi connectivity index (χ4v) is 2.73. The summed E-state index contributed by atoms with van der Waals surface area (Å²) < 4.78 is 5.35. The molecule has 25 heavy (non-hydrogen) atoms. The Bertz CT molecular complexity index is 597. The molecular formula is C19H25ClN2O3. The zero-order valence-electron chi connectivity index (χ0n) is 14.5. The van der Waals surface area contributed by atoms with Gasteiger partial charge >= 0.3 is 6.09 Å². The van der Waals surface area contributed by atoms with Gasteiger partial charge in [-0.2, -0.15) is 0 Å². The molecule has 1 aromatic rings. The highest BCUT2D eigenvalue weighted by Crippen LogP contribution is 2.20. The molecule has 6 heteroatoms. The van der Waals surface area contributed by atoms with Crippen molar-refractivity contribution in [2.45, 2.75) is 32.2 Å². The monoisotopic (exact) mass is 364 g/mol. The predicted octanol–water partition coefficient (Wildman–Crippen LogP) is 2.91. The van der Waals surface area contributed by atoms with Gasteiger partial charge < -0.3 is 20.1 Å². The number of ether oxygens (including phenoxy) is 1. The summed E-state index contributed by atoms with van der Waals surface area (Å²) in [4.78, 5) is 13.9. The number of hydrogen-bond acceptors (Lipinski definition) is 4. The van der Waals surface area contributed by atoms with E-state index in [4.69, 9.17) is 21.4 Å². The van der Waals surface area contributed by atoms with Gasteiger partial charge in [0, 0.05) is 30.1 Å². The highest BCUT2D eigenvalue weighted by molar-refractivity contribution is 6.30. The number of nitrogens with zero attached hydrogens (tertiary/aromatic N) is 1. The van der Waals surface area contributed by atoms with E-state index in [1.807, 2.05) is 6.92 Å². The van der Waals surface area contributed by atoms with Crippen molar-refractivity contribution in [2.75, 3.05) is 26.2 Å². The number of benzene rings is 1. The second-order valence-electron chi connectivity index (χ2n) is 6.07. The van der Waals surface area contributed by atoms with Crippen LogP contribution in [0.25, 0.3) is 0 Å². The average Bonchev–Trinajstić information content (AvgIpc) is 2.64. The first kappa shape index (κ1) is 19.6. The van der Waals surface area contributed by atoms with Crippen LogP contribution < -0.4 is 10.1 Å². The number of halogens is 1. The lowest BCUT2D eigenvalue weighted by molar-refractivity contribution is 0.137. The Kier molecular flexibility index (Phi) is 8.07. The van der Waals surface area contributed by atoms with Crippen LogP contribution >= 0.6 is 11.6 Å². The molecule has 0 saturated carbocycles. The lowest BCUT2D eigenvalue weighted by Gasteiger charge is -2.29. The van der Waals surface area contributed by atoms with Gasteiger partial charge in [0.1, 0.15) is 5.75 Å². The van der Waals surface area contributed by atoms with Crippen LogP contribution in [0.1, 0.15) is 26.2 Å². The van der Waals surface area contributed by atoms with Crippen molar-refractivity contribution in [2.24, 2.45) is 5.92 Å². The maximum atomic E-state index is 12.2. The summed E-state index contributed by atoms with van der Waals surface area (Å²) in [5.41, 5.74) is 0. The third-order valence-corrected chi connectivity index (χ3v) is 4.52. The van der Waals surface area contributed by atoms with Crippen molar-refractivity contribution in [1.82, 2.24) is 10.2 Å². The molecule has 5 nitrogen and oxygen atoms in total. The first-order valence-electron chi connectivity index (χ1n) is 8.67. The Morgan fingerprint density at radius 2 is 2.08 bits per heavy atom. The summed E-state index contributed by atoms with van der Waals surface area (Å²) in [5.74, 6) is 7.18. The van der Waals surface area contributed by atoms with Crippen LogP contribution in [-0.4, -0.2) is 48.4 Å². The number of hydrogen-bond donors (Lipinski definition) is 2. The molecule has 136 valence electrons. The van der Waals surface area contributed by atoms with Crippen LogP contribution in [0.4, 0.5) is 4.79 Å². The van der Waals surface area contributed by atoms with Gasteiger partial charge in [-0.1, -0.05) is 30.4 Å². The number of nitrogens with one attached hydrogen (secondary N) is 1. The molecule has 0 spiro atoms. The van der Waals surface area contributed by atoms with Crippen molar-refractivity contribution in [3.05, 3.63) is 29.3 Å². The number of aliphatic hydroxyl groups excluding tert-OH is 1. The molecule has 2 N–H and O–H groups in total. The molecule has 1 aliphatic heterocycles. The van der Waals surface area contributed by atoms with Gasteiger partial charge in [-0.15, -0.1) is 0 Å². The molecule has 1 unspecified atom stereocenters. The zero-order chi connectivity index (χ0) is 18.1. The van der Waals surface area contributed by atoms with Crippen molar-refractivity contribution in [3.63, 3.8) is 0 Å². The van der Waals surface area contributed by atoms with Crippen LogP contribution in [-0.2, 0) is 0 Å². The van der Waals surface area contributed by atoms with Gasteiger partial charge in [-0.3, -0.25) is 0 Å². The summed E-state index contributed by atoms with van der Waals surface area (Å²) in [7, 11) is 0. The predicted molar refractivity (Wildman–Crippen MR) is 98.7 cm³/mol. The molecular weight excluding hydrogens is 340 g/mol. The summed E-state index contributed by atoms with van der Waals surface area (Å²) >= 11 is 5.82. The van der Waals surface area contributed by atoms with E-state index in [0.717, 1.165) is 19.3 Å². The minimum atomic E-state index is -0.330. The topological polar surface area (TPSA) is 61.8 Å². The first-order chi connectivity index (χ1) is 12.1. The molecule has 1 atom stereocenters. The number of likely N-dealkylation sites (tertiary alicyclic amines) is 1. The minimum Gasteiger partial charge on any atom is -0.410 e. The molecule has 2 rings (SSSR count). The third-order valence-electron chi connectivity index (χ3n) is 4.27. The fourth-order valence-electron chi connectivity index (χ4n) is 2.60. The lowest BCUT2D eigenvalue weighted by atomic mass is 9.98. The standard InChI is InChI=1S/C19H25ClN2O3/c1-2-17(14-23)21-11-3-4-15-9-12-22(13-10-15)19(24)25-18-7-5-16(20)6-8-18/h5-8,15,17,21,23H,2,9-14H2,1H3. The third kappa shape index (κ3) is 6.58. The summed E-state index contributed by atoms with van der Waals surface area (Å²) in [6.07, 6.45) is 2.25. The van der Waals surface area contributed by atoms with Crippen molar-refractivity contribution in [3.8, 4) is 17.6 Å². The van der Waals surface area contributed by atoms with Gasteiger partial charge in [0.25, 0.3) is 0 Å². The number of carbonyl (C=O) groups is 1. The Morgan fingerprint density at radius 1 is 1.40 bits per heavy atom. The Morgan fingerprint density at radius 3 is 2.68 bits per heavy atom. The average molecular weight is 365 g/mol. The van der Waals surface area contributed by atoms with Crippen molar-refractivity contribution in [1.29, 1.82) is 0 Å². The van der Waals surface area contributed by atoms with Gasteiger partial charge in [-0.05, 0) is 43.5 Å². The second-order valence-corrected chi connectivity index (χ2v) is 6.51. The largest absolute Gasteiger partial charge is 0.415 e. The van der Waals surface area contributed by atoms with Gasteiger partial charge in [0.15, 0.2) is 0 Å². The van der Waals surface area contributed by atoms with E-state index in [1.165, 1.54) is 0 Å². The van der Waals surface area contributed by atoms with Crippen LogP contribution in [0.2, 0.25) is 5.02 Å². The second kappa shape index (κ2) is 10.3. The highest BCUT2D eigenvalue weighted by atomic mass is 35.5. The molecule has 1 amide bonds. The fraction of sp³-hybridized carbons (Fsp3) is 0.526. The normalized spacial score (nSPS) is 16.0. The maximum absolute atomic E-state index is 12.2. The molecule has 0 aliphatic carbocycles. The number of amides is 1. The quantitative estimate of drug-likeness (QED) is 0.789. The molecule has 0 bridgehead atoms. The number of piperidine rings is 1. The van der Waals surface area contributed by atoms with Crippen molar-refractivity contribution < 1.29 is 14.6 Å². The van der Waals surface area contributed by atoms with Gasteiger partial charge in [-0.25, -0.2) is 4.79 Å². The highest BCUT2D eigenvalue weighted by Gasteiger charge is 2.23. The van der Waals surface area contributed by atoms with Crippen LogP contribution in [0, 0.1) is 17.8 Å². The van der Waals surface area contributed by atoms with E-state index in [1.54, 1.807) is 29.2 Å². The number of aliphatic hydroxyl groups is 1.